The molecular weight excluding hydrogens is 226 g/mol. The van der Waals surface area contributed by atoms with Crippen LogP contribution >= 0.6 is 0 Å². The molecule has 18 heavy (non-hydrogen) atoms. The lowest BCUT2D eigenvalue weighted by Crippen LogP contribution is -2.15. The normalized spacial score (nSPS) is 16.8. The first-order chi connectivity index (χ1) is 8.85. The number of hydrogen-bond acceptors (Lipinski definition) is 3. The SMILES string of the molecule is CNCCc1cc(C2CCOCC2)ccc1OC. The van der Waals surface area contributed by atoms with E-state index in [-0.39, 0.29) is 0 Å². The van der Waals surface area contributed by atoms with Crippen LogP contribution in [-0.4, -0.2) is 33.9 Å². The Morgan fingerprint density at radius 2 is 2.11 bits per heavy atom. The molecule has 0 spiro atoms. The highest BCUT2D eigenvalue weighted by Gasteiger charge is 2.17. The minimum atomic E-state index is 0.651. The van der Waals surface area contributed by atoms with Crippen LogP contribution in [0.15, 0.2) is 18.2 Å². The second-order valence-corrected chi connectivity index (χ2v) is 4.81. The van der Waals surface area contributed by atoms with E-state index in [2.05, 4.69) is 23.5 Å². The van der Waals surface area contributed by atoms with Crippen molar-refractivity contribution in [3.63, 3.8) is 0 Å². The summed E-state index contributed by atoms with van der Waals surface area (Å²) in [4.78, 5) is 0. The van der Waals surface area contributed by atoms with E-state index >= 15 is 0 Å². The van der Waals surface area contributed by atoms with Crippen molar-refractivity contribution >= 4 is 0 Å². The molecular formula is C15H23NO2. The standard InChI is InChI=1S/C15H23NO2/c1-16-8-5-14-11-13(3-4-15(14)17-2)12-6-9-18-10-7-12/h3-4,11-12,16H,5-10H2,1-2H3. The third-order valence-corrected chi connectivity index (χ3v) is 3.64. The number of benzene rings is 1. The van der Waals surface area contributed by atoms with Gasteiger partial charge in [0.15, 0.2) is 0 Å². The third-order valence-electron chi connectivity index (χ3n) is 3.64. The molecule has 1 aliphatic heterocycles. The average Bonchev–Trinajstić information content (AvgIpc) is 2.45. The van der Waals surface area contributed by atoms with Gasteiger partial charge >= 0.3 is 0 Å². The van der Waals surface area contributed by atoms with Crippen molar-refractivity contribution in [2.24, 2.45) is 0 Å². The smallest absolute Gasteiger partial charge is 0.122 e. The van der Waals surface area contributed by atoms with Crippen molar-refractivity contribution in [3.05, 3.63) is 29.3 Å². The zero-order chi connectivity index (χ0) is 12.8. The largest absolute Gasteiger partial charge is 0.496 e. The molecule has 0 aromatic heterocycles. The molecule has 0 unspecified atom stereocenters. The lowest BCUT2D eigenvalue weighted by Gasteiger charge is -2.23. The maximum absolute atomic E-state index is 5.43. The van der Waals surface area contributed by atoms with E-state index in [9.17, 15) is 0 Å². The van der Waals surface area contributed by atoms with Gasteiger partial charge in [-0.3, -0.25) is 0 Å². The van der Waals surface area contributed by atoms with E-state index in [1.807, 2.05) is 7.05 Å². The van der Waals surface area contributed by atoms with Gasteiger partial charge in [0.25, 0.3) is 0 Å². The highest BCUT2D eigenvalue weighted by atomic mass is 16.5. The van der Waals surface area contributed by atoms with E-state index < -0.39 is 0 Å². The van der Waals surface area contributed by atoms with E-state index in [0.29, 0.717) is 5.92 Å². The fourth-order valence-corrected chi connectivity index (χ4v) is 2.54. The van der Waals surface area contributed by atoms with E-state index in [1.165, 1.54) is 11.1 Å². The molecule has 2 rings (SSSR count). The summed E-state index contributed by atoms with van der Waals surface area (Å²) in [6.07, 6.45) is 3.28. The lowest BCUT2D eigenvalue weighted by molar-refractivity contribution is 0.0853. The maximum Gasteiger partial charge on any atom is 0.122 e. The summed E-state index contributed by atoms with van der Waals surface area (Å²) in [7, 11) is 3.72. The number of rotatable bonds is 5. The Kier molecular flexibility index (Phi) is 5.02. The minimum Gasteiger partial charge on any atom is -0.496 e. The van der Waals surface area contributed by atoms with Crippen LogP contribution in [0.4, 0.5) is 0 Å². The van der Waals surface area contributed by atoms with Crippen LogP contribution in [0.25, 0.3) is 0 Å². The summed E-state index contributed by atoms with van der Waals surface area (Å²) < 4.78 is 10.9. The van der Waals surface area contributed by atoms with Crippen molar-refractivity contribution in [1.29, 1.82) is 0 Å². The maximum atomic E-state index is 5.43. The zero-order valence-electron chi connectivity index (χ0n) is 11.4. The Balaban J connectivity index is 2.15. The van der Waals surface area contributed by atoms with Gasteiger partial charge in [-0.2, -0.15) is 0 Å². The topological polar surface area (TPSA) is 30.5 Å². The van der Waals surface area contributed by atoms with Gasteiger partial charge in [0.05, 0.1) is 7.11 Å². The van der Waals surface area contributed by atoms with Crippen LogP contribution in [0.5, 0.6) is 5.75 Å². The first-order valence-electron chi connectivity index (χ1n) is 6.74. The molecule has 0 atom stereocenters. The molecule has 0 amide bonds. The molecule has 0 saturated carbocycles. The highest BCUT2D eigenvalue weighted by molar-refractivity contribution is 5.39. The van der Waals surface area contributed by atoms with Crippen molar-refractivity contribution in [2.75, 3.05) is 33.9 Å². The van der Waals surface area contributed by atoms with Gasteiger partial charge in [0, 0.05) is 13.2 Å². The third kappa shape index (κ3) is 3.24. The predicted molar refractivity (Wildman–Crippen MR) is 73.4 cm³/mol. The van der Waals surface area contributed by atoms with Crippen LogP contribution in [-0.2, 0) is 11.2 Å². The Morgan fingerprint density at radius 1 is 1.33 bits per heavy atom. The number of likely N-dealkylation sites (N-methyl/N-ethyl adjacent to an activating group) is 1. The molecule has 3 nitrogen and oxygen atoms in total. The van der Waals surface area contributed by atoms with E-state index in [4.69, 9.17) is 9.47 Å². The molecule has 1 fully saturated rings. The van der Waals surface area contributed by atoms with Crippen LogP contribution in [0.3, 0.4) is 0 Å². The summed E-state index contributed by atoms with van der Waals surface area (Å²) in [6.45, 7) is 2.76. The Morgan fingerprint density at radius 3 is 2.78 bits per heavy atom. The van der Waals surface area contributed by atoms with Crippen molar-refractivity contribution in [2.45, 2.75) is 25.2 Å². The van der Waals surface area contributed by atoms with Crippen LogP contribution in [0.2, 0.25) is 0 Å². The Hall–Kier alpha value is -1.06. The molecule has 100 valence electrons. The van der Waals surface area contributed by atoms with Gasteiger partial charge in [-0.1, -0.05) is 12.1 Å². The van der Waals surface area contributed by atoms with Gasteiger partial charge in [-0.05, 0) is 56.0 Å². The number of ether oxygens (including phenoxy) is 2. The van der Waals surface area contributed by atoms with Gasteiger partial charge in [-0.25, -0.2) is 0 Å². The van der Waals surface area contributed by atoms with Crippen LogP contribution in [0.1, 0.15) is 29.9 Å². The molecule has 0 aliphatic carbocycles. The first-order valence-corrected chi connectivity index (χ1v) is 6.74. The number of methoxy groups -OCH3 is 1. The second kappa shape index (κ2) is 6.76. The molecule has 1 aromatic carbocycles. The van der Waals surface area contributed by atoms with Crippen molar-refractivity contribution < 1.29 is 9.47 Å². The van der Waals surface area contributed by atoms with Gasteiger partial charge in [0.1, 0.15) is 5.75 Å². The summed E-state index contributed by atoms with van der Waals surface area (Å²) in [6, 6.07) is 6.62. The molecule has 1 aromatic rings. The van der Waals surface area contributed by atoms with Crippen molar-refractivity contribution in [3.8, 4) is 5.75 Å². The fraction of sp³-hybridized carbons (Fsp3) is 0.600. The predicted octanol–water partition coefficient (Wildman–Crippen LogP) is 2.35. The summed E-state index contributed by atoms with van der Waals surface area (Å²) in [5.41, 5.74) is 2.74. The number of nitrogens with one attached hydrogen (secondary N) is 1. The van der Waals surface area contributed by atoms with Gasteiger partial charge in [0.2, 0.25) is 0 Å². The summed E-state index contributed by atoms with van der Waals surface area (Å²) in [5, 5.41) is 3.19. The zero-order valence-corrected chi connectivity index (χ0v) is 11.4. The molecule has 0 bridgehead atoms. The Labute approximate surface area is 109 Å². The molecule has 0 radical (unpaired) electrons. The second-order valence-electron chi connectivity index (χ2n) is 4.81. The molecule has 1 N–H and O–H groups in total. The van der Waals surface area contributed by atoms with E-state index in [1.54, 1.807) is 7.11 Å². The first kappa shape index (κ1) is 13.4. The molecule has 3 heteroatoms. The quantitative estimate of drug-likeness (QED) is 0.869. The van der Waals surface area contributed by atoms with Gasteiger partial charge in [-0.15, -0.1) is 0 Å². The summed E-state index contributed by atoms with van der Waals surface area (Å²) in [5.74, 6) is 1.65. The van der Waals surface area contributed by atoms with Crippen molar-refractivity contribution in [1.82, 2.24) is 5.32 Å². The van der Waals surface area contributed by atoms with Crippen LogP contribution in [0, 0.1) is 0 Å². The lowest BCUT2D eigenvalue weighted by atomic mass is 9.90. The summed E-state index contributed by atoms with van der Waals surface area (Å²) >= 11 is 0. The average molecular weight is 249 g/mol. The molecule has 1 aliphatic rings. The Bertz CT molecular complexity index is 373. The minimum absolute atomic E-state index is 0.651. The molecule has 1 saturated heterocycles. The highest BCUT2D eigenvalue weighted by Crippen LogP contribution is 2.30. The monoisotopic (exact) mass is 249 g/mol. The van der Waals surface area contributed by atoms with E-state index in [0.717, 1.165) is 44.8 Å². The fourth-order valence-electron chi connectivity index (χ4n) is 2.54. The van der Waals surface area contributed by atoms with Gasteiger partial charge < -0.3 is 14.8 Å². The number of hydrogen-bond donors (Lipinski definition) is 1. The van der Waals surface area contributed by atoms with Crippen LogP contribution < -0.4 is 10.1 Å². The molecule has 1 heterocycles.